The Morgan fingerprint density at radius 2 is 1.90 bits per heavy atom. The van der Waals surface area contributed by atoms with Crippen molar-refractivity contribution in [3.8, 4) is 0 Å². The standard InChI is InChI=1S/C17H23N7O4S/c25-17(26)23-29(27,28)20-10-1-13-5-11-24(12-6-13)15-4-9-19-16(22-15)21-14-2-7-18-8-3-14/h2-4,7-9,13,20,23H,1,5-6,10-12H2,(H,25,26)(H,18,19,21,22). The van der Waals surface area contributed by atoms with Crippen LogP contribution < -0.4 is 19.7 Å². The Hall–Kier alpha value is -2.99. The van der Waals surface area contributed by atoms with Gasteiger partial charge < -0.3 is 15.3 Å². The van der Waals surface area contributed by atoms with Crippen LogP contribution in [0, 0.1) is 5.92 Å². The van der Waals surface area contributed by atoms with E-state index >= 15 is 0 Å². The van der Waals surface area contributed by atoms with E-state index in [1.165, 1.54) is 4.72 Å². The predicted molar refractivity (Wildman–Crippen MR) is 107 cm³/mol. The lowest BCUT2D eigenvalue weighted by Gasteiger charge is -2.32. The highest BCUT2D eigenvalue weighted by Gasteiger charge is 2.21. The number of anilines is 3. The average Bonchev–Trinajstić information content (AvgIpc) is 2.68. The van der Waals surface area contributed by atoms with Gasteiger partial charge in [-0.15, -0.1) is 0 Å². The molecule has 12 heteroatoms. The van der Waals surface area contributed by atoms with E-state index in [9.17, 15) is 13.2 Å². The molecule has 1 aliphatic heterocycles. The Labute approximate surface area is 168 Å². The van der Waals surface area contributed by atoms with E-state index < -0.39 is 16.3 Å². The van der Waals surface area contributed by atoms with Crippen molar-refractivity contribution < 1.29 is 18.3 Å². The molecule has 0 atom stereocenters. The number of carbonyl (C=O) groups is 1. The summed E-state index contributed by atoms with van der Waals surface area (Å²) >= 11 is 0. The van der Waals surface area contributed by atoms with Gasteiger partial charge in [0.2, 0.25) is 5.95 Å². The number of piperidine rings is 1. The van der Waals surface area contributed by atoms with Gasteiger partial charge in [-0.05, 0) is 43.4 Å². The summed E-state index contributed by atoms with van der Waals surface area (Å²) in [5.74, 6) is 1.70. The van der Waals surface area contributed by atoms with Crippen molar-refractivity contribution in [2.75, 3.05) is 29.9 Å². The fourth-order valence-corrected chi connectivity index (χ4v) is 3.84. The van der Waals surface area contributed by atoms with E-state index in [0.717, 1.165) is 37.4 Å². The van der Waals surface area contributed by atoms with Gasteiger partial charge in [0.25, 0.3) is 0 Å². The first-order chi connectivity index (χ1) is 13.9. The molecule has 2 aromatic rings. The summed E-state index contributed by atoms with van der Waals surface area (Å²) in [4.78, 5) is 25.4. The van der Waals surface area contributed by atoms with Gasteiger partial charge in [-0.2, -0.15) is 18.1 Å². The molecule has 3 rings (SSSR count). The predicted octanol–water partition coefficient (Wildman–Crippen LogP) is 1.32. The zero-order chi connectivity index (χ0) is 20.7. The lowest BCUT2D eigenvalue weighted by atomic mass is 9.94. The lowest BCUT2D eigenvalue weighted by molar-refractivity contribution is 0.201. The van der Waals surface area contributed by atoms with E-state index in [4.69, 9.17) is 5.11 Å². The summed E-state index contributed by atoms with van der Waals surface area (Å²) in [7, 11) is -4.00. The highest BCUT2D eigenvalue weighted by atomic mass is 32.2. The van der Waals surface area contributed by atoms with E-state index in [1.807, 2.05) is 18.2 Å². The fourth-order valence-electron chi connectivity index (χ4n) is 3.15. The van der Waals surface area contributed by atoms with Crippen LogP contribution in [0.5, 0.6) is 0 Å². The maximum Gasteiger partial charge on any atom is 0.419 e. The molecule has 4 N–H and O–H groups in total. The minimum absolute atomic E-state index is 0.195. The molecule has 1 saturated heterocycles. The van der Waals surface area contributed by atoms with E-state index in [2.05, 4.69) is 29.9 Å². The van der Waals surface area contributed by atoms with E-state index in [0.29, 0.717) is 18.3 Å². The van der Waals surface area contributed by atoms with Crippen molar-refractivity contribution in [2.45, 2.75) is 19.3 Å². The molecular formula is C17H23N7O4S. The number of carboxylic acid groups (broad SMARTS) is 1. The van der Waals surface area contributed by atoms with Crippen LogP contribution in [-0.2, 0) is 10.2 Å². The number of nitrogens with zero attached hydrogens (tertiary/aromatic N) is 4. The van der Waals surface area contributed by atoms with Crippen molar-refractivity contribution in [1.82, 2.24) is 24.4 Å². The van der Waals surface area contributed by atoms with Crippen molar-refractivity contribution in [3.63, 3.8) is 0 Å². The summed E-state index contributed by atoms with van der Waals surface area (Å²) in [5.41, 5.74) is 0.857. The van der Waals surface area contributed by atoms with Crippen LogP contribution in [0.15, 0.2) is 36.8 Å². The fraction of sp³-hybridized carbons (Fsp3) is 0.412. The summed E-state index contributed by atoms with van der Waals surface area (Å²) in [6, 6.07) is 5.53. The average molecular weight is 421 g/mol. The first-order valence-corrected chi connectivity index (χ1v) is 10.6. The Morgan fingerprint density at radius 1 is 1.17 bits per heavy atom. The molecular weight excluding hydrogens is 398 g/mol. The molecule has 2 aromatic heterocycles. The van der Waals surface area contributed by atoms with Crippen molar-refractivity contribution in [2.24, 2.45) is 5.92 Å². The third-order valence-corrected chi connectivity index (χ3v) is 5.61. The summed E-state index contributed by atoms with van der Waals surface area (Å²) in [6.07, 6.45) is 5.92. The molecule has 3 heterocycles. The molecule has 0 spiro atoms. The Morgan fingerprint density at radius 3 is 2.59 bits per heavy atom. The second-order valence-electron chi connectivity index (χ2n) is 6.62. The Balaban J connectivity index is 1.47. The van der Waals surface area contributed by atoms with Crippen LogP contribution >= 0.6 is 0 Å². The van der Waals surface area contributed by atoms with Crippen LogP contribution in [0.3, 0.4) is 0 Å². The molecule has 0 bridgehead atoms. The quantitative estimate of drug-likeness (QED) is 0.495. The molecule has 1 aliphatic rings. The normalized spacial score (nSPS) is 15.1. The van der Waals surface area contributed by atoms with Gasteiger partial charge in [-0.25, -0.2) is 14.5 Å². The summed E-state index contributed by atoms with van der Waals surface area (Å²) in [5, 5.41) is 11.6. The van der Waals surface area contributed by atoms with Gasteiger partial charge in [-0.3, -0.25) is 4.98 Å². The van der Waals surface area contributed by atoms with Crippen LogP contribution in [0.25, 0.3) is 0 Å². The number of hydrogen-bond donors (Lipinski definition) is 4. The lowest BCUT2D eigenvalue weighted by Crippen LogP contribution is -2.41. The first kappa shape index (κ1) is 20.7. The number of nitrogens with one attached hydrogen (secondary N) is 3. The van der Waals surface area contributed by atoms with Crippen LogP contribution in [0.1, 0.15) is 19.3 Å². The molecule has 0 unspecified atom stereocenters. The maximum absolute atomic E-state index is 11.4. The number of pyridine rings is 1. The molecule has 1 amide bonds. The number of rotatable bonds is 8. The molecule has 11 nitrogen and oxygen atoms in total. The van der Waals surface area contributed by atoms with Gasteiger partial charge in [0.05, 0.1) is 0 Å². The maximum atomic E-state index is 11.4. The Bertz CT molecular complexity index is 918. The summed E-state index contributed by atoms with van der Waals surface area (Å²) < 4.78 is 26.6. The minimum atomic E-state index is -4.00. The third-order valence-electron chi connectivity index (χ3n) is 4.58. The minimum Gasteiger partial charge on any atom is -0.464 e. The van der Waals surface area contributed by atoms with Crippen molar-refractivity contribution in [1.29, 1.82) is 0 Å². The number of aromatic nitrogens is 3. The number of amides is 1. The zero-order valence-corrected chi connectivity index (χ0v) is 16.5. The van der Waals surface area contributed by atoms with E-state index in [-0.39, 0.29) is 6.54 Å². The van der Waals surface area contributed by atoms with Crippen molar-refractivity contribution in [3.05, 3.63) is 36.8 Å². The molecule has 0 saturated carbocycles. The topological polar surface area (TPSA) is 149 Å². The third kappa shape index (κ3) is 6.54. The van der Waals surface area contributed by atoms with E-state index in [1.54, 1.807) is 18.6 Å². The van der Waals surface area contributed by atoms with Crippen LogP contribution in [-0.4, -0.2) is 54.2 Å². The molecule has 156 valence electrons. The number of hydrogen-bond acceptors (Lipinski definition) is 8. The van der Waals surface area contributed by atoms with Crippen LogP contribution in [0.2, 0.25) is 0 Å². The Kier molecular flexibility index (Phi) is 6.77. The smallest absolute Gasteiger partial charge is 0.419 e. The van der Waals surface area contributed by atoms with Gasteiger partial charge in [0, 0.05) is 43.9 Å². The van der Waals surface area contributed by atoms with Gasteiger partial charge in [0.1, 0.15) is 5.82 Å². The second kappa shape index (κ2) is 9.47. The molecule has 0 aromatic carbocycles. The largest absolute Gasteiger partial charge is 0.464 e. The van der Waals surface area contributed by atoms with Gasteiger partial charge in [0.15, 0.2) is 0 Å². The van der Waals surface area contributed by atoms with Gasteiger partial charge in [-0.1, -0.05) is 0 Å². The SMILES string of the molecule is O=C(O)NS(=O)(=O)NCCC1CCN(c2ccnc(Nc3ccncc3)n2)CC1. The first-order valence-electron chi connectivity index (χ1n) is 9.17. The highest BCUT2D eigenvalue weighted by molar-refractivity contribution is 7.88. The zero-order valence-electron chi connectivity index (χ0n) is 15.7. The van der Waals surface area contributed by atoms with Crippen molar-refractivity contribution >= 4 is 33.8 Å². The molecule has 1 fully saturated rings. The monoisotopic (exact) mass is 421 g/mol. The molecule has 29 heavy (non-hydrogen) atoms. The molecule has 0 radical (unpaired) electrons. The van der Waals surface area contributed by atoms with Crippen LogP contribution in [0.4, 0.5) is 22.2 Å². The van der Waals surface area contributed by atoms with Gasteiger partial charge >= 0.3 is 16.3 Å². The summed E-state index contributed by atoms with van der Waals surface area (Å²) in [6.45, 7) is 1.80. The molecule has 0 aliphatic carbocycles. The second-order valence-corrected chi connectivity index (χ2v) is 8.12. The highest BCUT2D eigenvalue weighted by Crippen LogP contribution is 2.24.